The lowest BCUT2D eigenvalue weighted by Gasteiger charge is -2.15. The van der Waals surface area contributed by atoms with Crippen LogP contribution in [-0.2, 0) is 0 Å². The molecule has 20 heavy (non-hydrogen) atoms. The van der Waals surface area contributed by atoms with E-state index in [0.29, 0.717) is 5.92 Å². The lowest BCUT2D eigenvalue weighted by Crippen LogP contribution is -2.14. The molecule has 0 fully saturated rings. The summed E-state index contributed by atoms with van der Waals surface area (Å²) < 4.78 is 0. The van der Waals surface area contributed by atoms with Crippen molar-refractivity contribution in [2.75, 3.05) is 20.6 Å². The molecule has 0 radical (unpaired) electrons. The quantitative estimate of drug-likeness (QED) is 0.743. The molecule has 1 nitrogen and oxygen atoms in total. The minimum Gasteiger partial charge on any atom is -0.309 e. The zero-order valence-corrected chi connectivity index (χ0v) is 13.4. The lowest BCUT2D eigenvalue weighted by atomic mass is 9.98. The maximum Gasteiger partial charge on any atom is 0.0122 e. The molecule has 0 aromatic heterocycles. The molecule has 0 spiro atoms. The van der Waals surface area contributed by atoms with Crippen LogP contribution in [0.15, 0.2) is 64.4 Å². The molecule has 0 bridgehead atoms. The molecule has 2 aromatic rings. The lowest BCUT2D eigenvalue weighted by molar-refractivity contribution is 0.386. The van der Waals surface area contributed by atoms with Gasteiger partial charge in [-0.2, -0.15) is 0 Å². The Kier molecular flexibility index (Phi) is 5.69. The van der Waals surface area contributed by atoms with Crippen molar-refractivity contribution in [2.24, 2.45) is 0 Å². The van der Waals surface area contributed by atoms with Gasteiger partial charge in [0.1, 0.15) is 0 Å². The zero-order chi connectivity index (χ0) is 14.4. The van der Waals surface area contributed by atoms with Crippen LogP contribution in [0.5, 0.6) is 0 Å². The van der Waals surface area contributed by atoms with Gasteiger partial charge in [0.2, 0.25) is 0 Å². The second kappa shape index (κ2) is 7.51. The third-order valence-electron chi connectivity index (χ3n) is 3.44. The van der Waals surface area contributed by atoms with E-state index in [0.717, 1.165) is 6.54 Å². The molecule has 0 amide bonds. The van der Waals surface area contributed by atoms with Crippen molar-refractivity contribution in [3.8, 4) is 0 Å². The fraction of sp³-hybridized carbons (Fsp3) is 0.333. The molecule has 0 aliphatic carbocycles. The summed E-state index contributed by atoms with van der Waals surface area (Å²) >= 11 is 1.82. The highest BCUT2D eigenvalue weighted by molar-refractivity contribution is 7.99. The van der Waals surface area contributed by atoms with Crippen LogP contribution in [0.4, 0.5) is 0 Å². The van der Waals surface area contributed by atoms with Crippen molar-refractivity contribution in [2.45, 2.75) is 29.1 Å². The first kappa shape index (κ1) is 15.1. The number of hydrogen-bond donors (Lipinski definition) is 0. The standard InChI is InChI=1S/C18H23NS/c1-15(13-14-19(2)3)16-9-11-18(12-10-16)20-17-7-5-4-6-8-17/h4-12,15H,13-14H2,1-3H3. The van der Waals surface area contributed by atoms with Crippen LogP contribution in [0.1, 0.15) is 24.8 Å². The molecular weight excluding hydrogens is 262 g/mol. The molecule has 0 N–H and O–H groups in total. The smallest absolute Gasteiger partial charge is 0.0122 e. The molecule has 2 aromatic carbocycles. The van der Waals surface area contributed by atoms with E-state index in [1.165, 1.54) is 21.8 Å². The Morgan fingerprint density at radius 1 is 0.900 bits per heavy atom. The van der Waals surface area contributed by atoms with Gasteiger partial charge in [0, 0.05) is 9.79 Å². The van der Waals surface area contributed by atoms with Gasteiger partial charge in [-0.3, -0.25) is 0 Å². The molecule has 2 rings (SSSR count). The highest BCUT2D eigenvalue weighted by Crippen LogP contribution is 2.29. The van der Waals surface area contributed by atoms with Gasteiger partial charge in [0.05, 0.1) is 0 Å². The van der Waals surface area contributed by atoms with Crippen LogP contribution in [0.25, 0.3) is 0 Å². The average Bonchev–Trinajstić information content (AvgIpc) is 2.46. The van der Waals surface area contributed by atoms with Crippen LogP contribution in [0.3, 0.4) is 0 Å². The average molecular weight is 285 g/mol. The van der Waals surface area contributed by atoms with Crippen molar-refractivity contribution < 1.29 is 0 Å². The highest BCUT2D eigenvalue weighted by atomic mass is 32.2. The van der Waals surface area contributed by atoms with Gasteiger partial charge in [0.25, 0.3) is 0 Å². The Balaban J connectivity index is 1.96. The Morgan fingerprint density at radius 2 is 1.50 bits per heavy atom. The monoisotopic (exact) mass is 285 g/mol. The maximum absolute atomic E-state index is 2.31. The molecule has 0 aliphatic heterocycles. The van der Waals surface area contributed by atoms with Crippen molar-refractivity contribution in [3.05, 3.63) is 60.2 Å². The van der Waals surface area contributed by atoms with Gasteiger partial charge >= 0.3 is 0 Å². The summed E-state index contributed by atoms with van der Waals surface area (Å²) in [6.45, 7) is 3.45. The van der Waals surface area contributed by atoms with E-state index < -0.39 is 0 Å². The van der Waals surface area contributed by atoms with Crippen LogP contribution in [-0.4, -0.2) is 25.5 Å². The molecule has 2 heteroatoms. The molecule has 1 atom stereocenters. The second-order valence-electron chi connectivity index (χ2n) is 5.48. The number of hydrogen-bond acceptors (Lipinski definition) is 2. The molecule has 106 valence electrons. The Hall–Kier alpha value is -1.25. The van der Waals surface area contributed by atoms with Crippen LogP contribution >= 0.6 is 11.8 Å². The summed E-state index contributed by atoms with van der Waals surface area (Å²) in [5.74, 6) is 0.619. The first-order valence-corrected chi connectivity index (χ1v) is 7.94. The molecule has 0 saturated heterocycles. The number of nitrogens with zero attached hydrogens (tertiary/aromatic N) is 1. The van der Waals surface area contributed by atoms with Crippen molar-refractivity contribution >= 4 is 11.8 Å². The van der Waals surface area contributed by atoms with E-state index in [4.69, 9.17) is 0 Å². The molecule has 0 saturated carbocycles. The Morgan fingerprint density at radius 3 is 2.10 bits per heavy atom. The van der Waals surface area contributed by atoms with Crippen molar-refractivity contribution in [3.63, 3.8) is 0 Å². The first-order valence-electron chi connectivity index (χ1n) is 7.13. The molecular formula is C18H23NS. The Labute approximate surface area is 127 Å². The van der Waals surface area contributed by atoms with Gasteiger partial charge in [-0.1, -0.05) is 49.0 Å². The summed E-state index contributed by atoms with van der Waals surface area (Å²) in [6, 6.07) is 19.5. The topological polar surface area (TPSA) is 3.24 Å². The van der Waals surface area contributed by atoms with Gasteiger partial charge in [-0.25, -0.2) is 0 Å². The van der Waals surface area contributed by atoms with E-state index in [2.05, 4.69) is 80.5 Å². The number of rotatable bonds is 6. The summed E-state index contributed by atoms with van der Waals surface area (Å²) in [4.78, 5) is 4.84. The maximum atomic E-state index is 2.31. The predicted octanol–water partition coefficient (Wildman–Crippen LogP) is 4.89. The predicted molar refractivity (Wildman–Crippen MR) is 88.6 cm³/mol. The normalized spacial score (nSPS) is 12.6. The van der Waals surface area contributed by atoms with Gasteiger partial charge in [-0.05, 0) is 62.8 Å². The van der Waals surface area contributed by atoms with Crippen molar-refractivity contribution in [1.82, 2.24) is 4.90 Å². The fourth-order valence-electron chi connectivity index (χ4n) is 2.11. The first-order chi connectivity index (χ1) is 9.65. The summed E-state index contributed by atoms with van der Waals surface area (Å²) in [6.07, 6.45) is 1.21. The summed E-state index contributed by atoms with van der Waals surface area (Å²) in [5, 5.41) is 0. The van der Waals surface area contributed by atoms with Crippen molar-refractivity contribution in [1.29, 1.82) is 0 Å². The van der Waals surface area contributed by atoms with E-state index >= 15 is 0 Å². The van der Waals surface area contributed by atoms with E-state index in [1.54, 1.807) is 0 Å². The van der Waals surface area contributed by atoms with Crippen LogP contribution < -0.4 is 0 Å². The summed E-state index contributed by atoms with van der Waals surface area (Å²) in [7, 11) is 4.26. The molecule has 1 unspecified atom stereocenters. The minimum absolute atomic E-state index is 0.619. The van der Waals surface area contributed by atoms with Gasteiger partial charge in [0.15, 0.2) is 0 Å². The summed E-state index contributed by atoms with van der Waals surface area (Å²) in [5.41, 5.74) is 1.43. The Bertz CT molecular complexity index is 505. The van der Waals surface area contributed by atoms with E-state index in [9.17, 15) is 0 Å². The number of benzene rings is 2. The fourth-order valence-corrected chi connectivity index (χ4v) is 2.95. The highest BCUT2D eigenvalue weighted by Gasteiger charge is 2.06. The minimum atomic E-state index is 0.619. The second-order valence-corrected chi connectivity index (χ2v) is 6.62. The van der Waals surface area contributed by atoms with Crippen LogP contribution in [0.2, 0.25) is 0 Å². The molecule has 0 heterocycles. The third-order valence-corrected chi connectivity index (χ3v) is 4.45. The third kappa shape index (κ3) is 4.69. The largest absolute Gasteiger partial charge is 0.309 e. The van der Waals surface area contributed by atoms with Gasteiger partial charge < -0.3 is 4.90 Å². The van der Waals surface area contributed by atoms with Crippen LogP contribution in [0, 0.1) is 0 Å². The SMILES string of the molecule is CC(CCN(C)C)c1ccc(Sc2ccccc2)cc1. The van der Waals surface area contributed by atoms with E-state index in [-0.39, 0.29) is 0 Å². The van der Waals surface area contributed by atoms with E-state index in [1.807, 2.05) is 11.8 Å². The molecule has 0 aliphatic rings. The zero-order valence-electron chi connectivity index (χ0n) is 12.5. The van der Waals surface area contributed by atoms with Gasteiger partial charge in [-0.15, -0.1) is 0 Å².